The Bertz CT molecular complexity index is 285. The van der Waals surface area contributed by atoms with Crippen LogP contribution in [0.5, 0.6) is 0 Å². The molecule has 4 heteroatoms. The minimum Gasteiger partial charge on any atom is -0.349 e. The number of rotatable bonds is 4. The topological polar surface area (TPSA) is 59.1 Å². The number of amides is 1. The molecule has 1 N–H and O–H groups in total. The fourth-order valence-electron chi connectivity index (χ4n) is 0.901. The van der Waals surface area contributed by atoms with Crippen molar-refractivity contribution in [1.82, 2.24) is 10.3 Å². The summed E-state index contributed by atoms with van der Waals surface area (Å²) in [7, 11) is 0. The van der Waals surface area contributed by atoms with Gasteiger partial charge in [-0.05, 0) is 12.1 Å². The van der Waals surface area contributed by atoms with E-state index >= 15 is 0 Å². The van der Waals surface area contributed by atoms with Gasteiger partial charge >= 0.3 is 0 Å². The summed E-state index contributed by atoms with van der Waals surface area (Å²) < 4.78 is 0. The third kappa shape index (κ3) is 3.46. The summed E-state index contributed by atoms with van der Waals surface area (Å²) in [4.78, 5) is 24.5. The first-order valence-corrected chi connectivity index (χ1v) is 3.96. The summed E-state index contributed by atoms with van der Waals surface area (Å²) in [5, 5.41) is 2.43. The molecule has 0 saturated heterocycles. The smallest absolute Gasteiger partial charge is 0.284 e. The Morgan fingerprint density at radius 3 is 3.00 bits per heavy atom. The molecule has 13 heavy (non-hydrogen) atoms. The summed E-state index contributed by atoms with van der Waals surface area (Å²) in [6, 6.07) is 5.57. The van der Waals surface area contributed by atoms with Crippen LogP contribution in [0.25, 0.3) is 0 Å². The van der Waals surface area contributed by atoms with Crippen molar-refractivity contribution in [2.24, 2.45) is 0 Å². The lowest BCUT2D eigenvalue weighted by Gasteiger charge is -1.99. The molecule has 0 unspecified atom stereocenters. The van der Waals surface area contributed by atoms with E-state index in [1.165, 1.54) is 0 Å². The number of carbonyl (C=O) groups excluding carboxylic acids is 2. The fraction of sp³-hybridized carbons (Fsp3) is 0.222. The van der Waals surface area contributed by atoms with Crippen molar-refractivity contribution in [3.05, 3.63) is 30.1 Å². The van der Waals surface area contributed by atoms with Gasteiger partial charge in [0.25, 0.3) is 5.91 Å². The van der Waals surface area contributed by atoms with Gasteiger partial charge in [-0.3, -0.25) is 14.6 Å². The van der Waals surface area contributed by atoms with Crippen molar-refractivity contribution in [1.29, 1.82) is 0 Å². The molecule has 0 fully saturated rings. The summed E-state index contributed by atoms with van der Waals surface area (Å²) in [6.45, 7) is 0.439. The Hall–Kier alpha value is -1.71. The van der Waals surface area contributed by atoms with Crippen molar-refractivity contribution < 1.29 is 9.59 Å². The van der Waals surface area contributed by atoms with Gasteiger partial charge in [-0.15, -0.1) is 0 Å². The maximum atomic E-state index is 10.5. The molecule has 1 heterocycles. The van der Waals surface area contributed by atoms with Crippen molar-refractivity contribution in [2.75, 3.05) is 6.54 Å². The number of hydrogen-bond donors (Lipinski definition) is 1. The first-order valence-electron chi connectivity index (χ1n) is 3.96. The van der Waals surface area contributed by atoms with Gasteiger partial charge in [-0.1, -0.05) is 6.07 Å². The molecule has 0 bridgehead atoms. The van der Waals surface area contributed by atoms with E-state index in [1.807, 2.05) is 18.2 Å². The molecule has 1 aromatic rings. The van der Waals surface area contributed by atoms with Crippen LogP contribution in [0.2, 0.25) is 0 Å². The van der Waals surface area contributed by atoms with Crippen LogP contribution < -0.4 is 5.32 Å². The van der Waals surface area contributed by atoms with E-state index < -0.39 is 5.91 Å². The van der Waals surface area contributed by atoms with Crippen molar-refractivity contribution in [3.63, 3.8) is 0 Å². The highest BCUT2D eigenvalue weighted by molar-refractivity contribution is 6.23. The van der Waals surface area contributed by atoms with E-state index in [1.54, 1.807) is 6.20 Å². The average molecular weight is 178 g/mol. The molecule has 0 atom stereocenters. The van der Waals surface area contributed by atoms with E-state index in [9.17, 15) is 9.59 Å². The molecule has 1 aromatic heterocycles. The lowest BCUT2D eigenvalue weighted by atomic mass is 10.3. The summed E-state index contributed by atoms with van der Waals surface area (Å²) >= 11 is 0. The Labute approximate surface area is 76.0 Å². The Morgan fingerprint density at radius 1 is 1.54 bits per heavy atom. The molecule has 0 aliphatic carbocycles. The third-order valence-electron chi connectivity index (χ3n) is 1.51. The normalized spacial score (nSPS) is 9.23. The maximum absolute atomic E-state index is 10.5. The predicted octanol–water partition coefficient (Wildman–Crippen LogP) is -0.0608. The minimum absolute atomic E-state index is 0.262. The van der Waals surface area contributed by atoms with E-state index in [2.05, 4.69) is 10.3 Å². The van der Waals surface area contributed by atoms with Crippen molar-refractivity contribution in [3.8, 4) is 0 Å². The average Bonchev–Trinajstić information content (AvgIpc) is 2.19. The summed E-state index contributed by atoms with van der Waals surface area (Å²) in [5.74, 6) is -0.587. The van der Waals surface area contributed by atoms with Gasteiger partial charge in [0.1, 0.15) is 0 Å². The lowest BCUT2D eigenvalue weighted by molar-refractivity contribution is -0.131. The number of pyridine rings is 1. The highest BCUT2D eigenvalue weighted by atomic mass is 16.2. The van der Waals surface area contributed by atoms with Gasteiger partial charge < -0.3 is 5.32 Å². The van der Waals surface area contributed by atoms with Crippen molar-refractivity contribution >= 4 is 12.2 Å². The molecule has 1 amide bonds. The second-order valence-electron chi connectivity index (χ2n) is 2.48. The summed E-state index contributed by atoms with van der Waals surface area (Å²) in [5.41, 5.74) is 0.897. The first kappa shape index (κ1) is 9.38. The Morgan fingerprint density at radius 2 is 2.38 bits per heavy atom. The molecule has 0 aromatic carbocycles. The van der Waals surface area contributed by atoms with E-state index in [0.717, 1.165) is 5.69 Å². The summed E-state index contributed by atoms with van der Waals surface area (Å²) in [6.07, 6.45) is 2.59. The third-order valence-corrected chi connectivity index (χ3v) is 1.51. The molecule has 0 radical (unpaired) electrons. The molecule has 0 saturated carbocycles. The molecule has 68 valence electrons. The zero-order chi connectivity index (χ0) is 9.52. The fourth-order valence-corrected chi connectivity index (χ4v) is 0.901. The molecule has 4 nitrogen and oxygen atoms in total. The monoisotopic (exact) mass is 178 g/mol. The number of nitrogens with zero attached hydrogens (tertiary/aromatic N) is 1. The second-order valence-corrected chi connectivity index (χ2v) is 2.48. The zero-order valence-electron chi connectivity index (χ0n) is 7.06. The number of nitrogens with one attached hydrogen (secondary N) is 1. The Kier molecular flexibility index (Phi) is 3.63. The van der Waals surface area contributed by atoms with Gasteiger partial charge in [-0.25, -0.2) is 0 Å². The van der Waals surface area contributed by atoms with Gasteiger partial charge in [0.05, 0.1) is 0 Å². The highest BCUT2D eigenvalue weighted by Gasteiger charge is 1.96. The number of carbonyl (C=O) groups is 2. The predicted molar refractivity (Wildman–Crippen MR) is 47.0 cm³/mol. The lowest BCUT2D eigenvalue weighted by Crippen LogP contribution is -2.26. The standard InChI is InChI=1S/C9H10N2O2/c12-7-9(13)11-6-4-8-3-1-2-5-10-8/h1-3,5,7H,4,6H2,(H,11,13). The van der Waals surface area contributed by atoms with Gasteiger partial charge in [0.15, 0.2) is 0 Å². The SMILES string of the molecule is O=CC(=O)NCCc1ccccn1. The molecular formula is C9H10N2O2. The molecular weight excluding hydrogens is 168 g/mol. The van der Waals surface area contributed by atoms with E-state index in [0.29, 0.717) is 13.0 Å². The van der Waals surface area contributed by atoms with Crippen molar-refractivity contribution in [2.45, 2.75) is 6.42 Å². The van der Waals surface area contributed by atoms with Crippen LogP contribution >= 0.6 is 0 Å². The van der Waals surface area contributed by atoms with E-state index in [-0.39, 0.29) is 6.29 Å². The van der Waals surface area contributed by atoms with Crippen LogP contribution in [0.4, 0.5) is 0 Å². The largest absolute Gasteiger partial charge is 0.349 e. The van der Waals surface area contributed by atoms with Gasteiger partial charge in [-0.2, -0.15) is 0 Å². The highest BCUT2D eigenvalue weighted by Crippen LogP contribution is 1.92. The Balaban J connectivity index is 2.28. The van der Waals surface area contributed by atoms with Gasteiger partial charge in [0.2, 0.25) is 6.29 Å². The van der Waals surface area contributed by atoms with Crippen LogP contribution in [-0.4, -0.2) is 23.7 Å². The van der Waals surface area contributed by atoms with Crippen LogP contribution in [-0.2, 0) is 16.0 Å². The van der Waals surface area contributed by atoms with Crippen LogP contribution in [0, 0.1) is 0 Å². The first-order chi connectivity index (χ1) is 6.33. The van der Waals surface area contributed by atoms with Crippen LogP contribution in [0.15, 0.2) is 24.4 Å². The number of hydrogen-bond acceptors (Lipinski definition) is 3. The van der Waals surface area contributed by atoms with E-state index in [4.69, 9.17) is 0 Å². The number of aldehydes is 1. The van der Waals surface area contributed by atoms with Crippen LogP contribution in [0.1, 0.15) is 5.69 Å². The second kappa shape index (κ2) is 5.03. The molecule has 0 aliphatic heterocycles. The number of aromatic nitrogens is 1. The quantitative estimate of drug-likeness (QED) is 0.519. The molecule has 1 rings (SSSR count). The van der Waals surface area contributed by atoms with Crippen LogP contribution in [0.3, 0.4) is 0 Å². The maximum Gasteiger partial charge on any atom is 0.284 e. The molecule has 0 spiro atoms. The molecule has 0 aliphatic rings. The van der Waals surface area contributed by atoms with Gasteiger partial charge in [0, 0.05) is 24.9 Å². The zero-order valence-corrected chi connectivity index (χ0v) is 7.06. The minimum atomic E-state index is -0.587.